The lowest BCUT2D eigenvalue weighted by Crippen LogP contribution is -2.30. The number of hydrogen-bond acceptors (Lipinski definition) is 4. The molecule has 0 spiro atoms. The van der Waals surface area contributed by atoms with Crippen molar-refractivity contribution in [1.29, 1.82) is 0 Å². The van der Waals surface area contributed by atoms with E-state index in [1.165, 1.54) is 17.7 Å². The molecule has 1 unspecified atom stereocenters. The van der Waals surface area contributed by atoms with Gasteiger partial charge in [-0.15, -0.1) is 11.3 Å². The van der Waals surface area contributed by atoms with E-state index in [4.69, 9.17) is 0 Å². The van der Waals surface area contributed by atoms with Crippen LogP contribution < -0.4 is 10.2 Å². The van der Waals surface area contributed by atoms with Gasteiger partial charge in [0.2, 0.25) is 0 Å². The topological polar surface area (TPSA) is 28.2 Å². The highest BCUT2D eigenvalue weighted by molar-refractivity contribution is 7.15. The summed E-state index contributed by atoms with van der Waals surface area (Å²) in [6, 6.07) is 1.00. The van der Waals surface area contributed by atoms with E-state index in [1.807, 2.05) is 6.20 Å². The zero-order valence-electron chi connectivity index (χ0n) is 11.7. The summed E-state index contributed by atoms with van der Waals surface area (Å²) in [4.78, 5) is 8.17. The van der Waals surface area contributed by atoms with Gasteiger partial charge in [-0.25, -0.2) is 4.98 Å². The highest BCUT2D eigenvalue weighted by Crippen LogP contribution is 2.28. The SMILES string of the molecule is CCNC(C)c1cnc(N(C)C(CC)CC)s1. The summed E-state index contributed by atoms with van der Waals surface area (Å²) in [5.41, 5.74) is 0. The Morgan fingerprint density at radius 2 is 2.00 bits per heavy atom. The van der Waals surface area contributed by atoms with E-state index in [0.29, 0.717) is 12.1 Å². The van der Waals surface area contributed by atoms with Gasteiger partial charge in [0, 0.05) is 30.2 Å². The fraction of sp³-hybridized carbons (Fsp3) is 0.769. The molecule has 1 heterocycles. The summed E-state index contributed by atoms with van der Waals surface area (Å²) < 4.78 is 0. The van der Waals surface area contributed by atoms with Gasteiger partial charge in [-0.05, 0) is 26.3 Å². The van der Waals surface area contributed by atoms with Gasteiger partial charge in [0.1, 0.15) is 0 Å². The average Bonchev–Trinajstić information content (AvgIpc) is 2.80. The number of nitrogens with zero attached hydrogens (tertiary/aromatic N) is 2. The molecular formula is C13H25N3S. The maximum atomic E-state index is 4.54. The third-order valence-corrected chi connectivity index (χ3v) is 4.51. The van der Waals surface area contributed by atoms with Crippen LogP contribution in [0.5, 0.6) is 0 Å². The second-order valence-corrected chi connectivity index (χ2v) is 5.45. The fourth-order valence-corrected chi connectivity index (χ4v) is 3.01. The predicted molar refractivity (Wildman–Crippen MR) is 77.0 cm³/mol. The first-order valence-electron chi connectivity index (χ1n) is 6.55. The molecule has 4 heteroatoms. The zero-order valence-corrected chi connectivity index (χ0v) is 12.5. The van der Waals surface area contributed by atoms with Crippen molar-refractivity contribution >= 4 is 16.5 Å². The maximum absolute atomic E-state index is 4.54. The molecule has 0 fully saturated rings. The molecule has 0 aliphatic heterocycles. The van der Waals surface area contributed by atoms with Crippen LogP contribution in [0.15, 0.2) is 6.20 Å². The Hall–Kier alpha value is -0.610. The molecule has 1 aromatic rings. The van der Waals surface area contributed by atoms with Crippen molar-refractivity contribution < 1.29 is 0 Å². The van der Waals surface area contributed by atoms with Crippen LogP contribution in [-0.4, -0.2) is 24.6 Å². The molecule has 0 aliphatic carbocycles. The molecule has 0 aliphatic rings. The van der Waals surface area contributed by atoms with Crippen molar-refractivity contribution in [3.8, 4) is 0 Å². The smallest absolute Gasteiger partial charge is 0.185 e. The van der Waals surface area contributed by atoms with Crippen molar-refractivity contribution in [2.45, 2.75) is 52.6 Å². The molecule has 1 aromatic heterocycles. The largest absolute Gasteiger partial charge is 0.348 e. The van der Waals surface area contributed by atoms with Crippen molar-refractivity contribution in [2.75, 3.05) is 18.5 Å². The molecule has 98 valence electrons. The molecule has 1 atom stereocenters. The minimum absolute atomic E-state index is 0.404. The van der Waals surface area contributed by atoms with Crippen LogP contribution in [0.2, 0.25) is 0 Å². The lowest BCUT2D eigenvalue weighted by molar-refractivity contribution is 0.590. The molecule has 0 radical (unpaired) electrons. The number of hydrogen-bond donors (Lipinski definition) is 1. The lowest BCUT2D eigenvalue weighted by atomic mass is 10.1. The molecule has 17 heavy (non-hydrogen) atoms. The second-order valence-electron chi connectivity index (χ2n) is 4.41. The Labute approximate surface area is 109 Å². The van der Waals surface area contributed by atoms with Crippen LogP contribution >= 0.6 is 11.3 Å². The van der Waals surface area contributed by atoms with E-state index in [1.54, 1.807) is 11.3 Å². The summed E-state index contributed by atoms with van der Waals surface area (Å²) in [6.45, 7) is 9.80. The van der Waals surface area contributed by atoms with Crippen molar-refractivity contribution in [3.63, 3.8) is 0 Å². The van der Waals surface area contributed by atoms with Gasteiger partial charge in [-0.1, -0.05) is 20.8 Å². The Morgan fingerprint density at radius 3 is 2.53 bits per heavy atom. The number of thiazole rings is 1. The number of aromatic nitrogens is 1. The first-order valence-corrected chi connectivity index (χ1v) is 7.37. The van der Waals surface area contributed by atoms with E-state index < -0.39 is 0 Å². The van der Waals surface area contributed by atoms with Gasteiger partial charge < -0.3 is 10.2 Å². The van der Waals surface area contributed by atoms with Crippen molar-refractivity contribution in [2.24, 2.45) is 0 Å². The molecule has 0 amide bonds. The van der Waals surface area contributed by atoms with Crippen molar-refractivity contribution in [3.05, 3.63) is 11.1 Å². The Morgan fingerprint density at radius 1 is 1.35 bits per heavy atom. The van der Waals surface area contributed by atoms with Gasteiger partial charge in [-0.3, -0.25) is 0 Å². The van der Waals surface area contributed by atoms with E-state index in [-0.39, 0.29) is 0 Å². The average molecular weight is 255 g/mol. The molecule has 0 bridgehead atoms. The van der Waals surface area contributed by atoms with Crippen LogP contribution in [0.1, 0.15) is 51.5 Å². The first-order chi connectivity index (χ1) is 8.13. The highest BCUT2D eigenvalue weighted by atomic mass is 32.1. The van der Waals surface area contributed by atoms with Crippen LogP contribution in [0.25, 0.3) is 0 Å². The monoisotopic (exact) mass is 255 g/mol. The van der Waals surface area contributed by atoms with Gasteiger partial charge in [0.05, 0.1) is 0 Å². The molecule has 0 saturated heterocycles. The minimum atomic E-state index is 0.404. The molecule has 0 aromatic carbocycles. The summed E-state index contributed by atoms with van der Waals surface area (Å²) in [5, 5.41) is 4.56. The van der Waals surface area contributed by atoms with E-state index in [9.17, 15) is 0 Å². The van der Waals surface area contributed by atoms with Crippen LogP contribution in [0, 0.1) is 0 Å². The Kier molecular flexibility index (Phi) is 5.92. The van der Waals surface area contributed by atoms with Crippen LogP contribution in [-0.2, 0) is 0 Å². The van der Waals surface area contributed by atoms with Crippen LogP contribution in [0.4, 0.5) is 5.13 Å². The second kappa shape index (κ2) is 6.97. The molecular weight excluding hydrogens is 230 g/mol. The summed E-state index contributed by atoms with van der Waals surface area (Å²) in [6.07, 6.45) is 4.35. The van der Waals surface area contributed by atoms with Gasteiger partial charge >= 0.3 is 0 Å². The minimum Gasteiger partial charge on any atom is -0.348 e. The lowest BCUT2D eigenvalue weighted by Gasteiger charge is -2.25. The van der Waals surface area contributed by atoms with E-state index in [2.05, 4.69) is 49.9 Å². The molecule has 0 saturated carbocycles. The number of nitrogens with one attached hydrogen (secondary N) is 1. The summed E-state index contributed by atoms with van der Waals surface area (Å²) in [7, 11) is 2.15. The third-order valence-electron chi connectivity index (χ3n) is 3.24. The normalized spacial score (nSPS) is 13.1. The van der Waals surface area contributed by atoms with E-state index >= 15 is 0 Å². The quantitative estimate of drug-likeness (QED) is 0.809. The highest BCUT2D eigenvalue weighted by Gasteiger charge is 2.16. The molecule has 1 rings (SSSR count). The number of rotatable bonds is 7. The predicted octanol–water partition coefficient (Wildman–Crippen LogP) is 3.44. The standard InChI is InChI=1S/C13H25N3S/c1-6-11(7-2)16(5)13-15-9-12(17-13)10(4)14-8-3/h9-11,14H,6-8H2,1-5H3. The number of anilines is 1. The van der Waals surface area contributed by atoms with Crippen LogP contribution in [0.3, 0.4) is 0 Å². The molecule has 1 N–H and O–H groups in total. The summed E-state index contributed by atoms with van der Waals surface area (Å²) >= 11 is 1.80. The summed E-state index contributed by atoms with van der Waals surface area (Å²) in [5.74, 6) is 0. The molecule has 3 nitrogen and oxygen atoms in total. The van der Waals surface area contributed by atoms with Gasteiger partial charge in [0.25, 0.3) is 0 Å². The third kappa shape index (κ3) is 3.68. The van der Waals surface area contributed by atoms with E-state index in [0.717, 1.165) is 11.7 Å². The Bertz CT molecular complexity index is 320. The zero-order chi connectivity index (χ0) is 12.8. The first kappa shape index (κ1) is 14.5. The maximum Gasteiger partial charge on any atom is 0.185 e. The van der Waals surface area contributed by atoms with Gasteiger partial charge in [-0.2, -0.15) is 0 Å². The van der Waals surface area contributed by atoms with Crippen molar-refractivity contribution in [1.82, 2.24) is 10.3 Å². The fourth-order valence-electron chi connectivity index (χ4n) is 2.04. The van der Waals surface area contributed by atoms with Gasteiger partial charge in [0.15, 0.2) is 5.13 Å². The Balaban J connectivity index is 2.73.